The van der Waals surface area contributed by atoms with Crippen LogP contribution in [0.3, 0.4) is 0 Å². The van der Waals surface area contributed by atoms with E-state index in [4.69, 9.17) is 9.47 Å². The van der Waals surface area contributed by atoms with Crippen LogP contribution < -0.4 is 5.32 Å². The number of hydrogen-bond donors (Lipinski definition) is 1. The summed E-state index contributed by atoms with van der Waals surface area (Å²) in [4.78, 5) is 22.8. The number of hydrogen-bond acceptors (Lipinski definition) is 4. The molecule has 2 rings (SSSR count). The van der Waals surface area contributed by atoms with E-state index in [2.05, 4.69) is 5.32 Å². The Hall–Kier alpha value is -2.04. The van der Waals surface area contributed by atoms with Crippen LogP contribution in [0, 0.1) is 0 Å². The molecule has 0 aromatic heterocycles. The minimum atomic E-state index is -0.912. The van der Waals surface area contributed by atoms with E-state index in [1.165, 1.54) is 0 Å². The second-order valence-corrected chi connectivity index (χ2v) is 3.61. The molecule has 0 radical (unpaired) electrons. The van der Waals surface area contributed by atoms with Crippen LogP contribution >= 0.6 is 0 Å². The van der Waals surface area contributed by atoms with E-state index in [0.29, 0.717) is 0 Å². The minimum absolute atomic E-state index is 0.258. The predicted octanol–water partition coefficient (Wildman–Crippen LogP) is 1.40. The van der Waals surface area contributed by atoms with Crippen molar-refractivity contribution in [3.05, 3.63) is 35.9 Å². The number of carbonyl (C=O) groups excluding carboxylic acids is 2. The maximum atomic E-state index is 11.6. The molecule has 5 heteroatoms. The van der Waals surface area contributed by atoms with Crippen LogP contribution in [0.25, 0.3) is 0 Å². The van der Waals surface area contributed by atoms with Crippen molar-refractivity contribution in [3.63, 3.8) is 0 Å². The predicted molar refractivity (Wildman–Crippen MR) is 59.2 cm³/mol. The molecule has 1 fully saturated rings. The van der Waals surface area contributed by atoms with Crippen LogP contribution in [0.1, 0.15) is 18.5 Å². The molecule has 1 saturated heterocycles. The average Bonchev–Trinajstić information content (AvgIpc) is 2.73. The van der Waals surface area contributed by atoms with Gasteiger partial charge in [0, 0.05) is 0 Å². The number of carbonyl (C=O) groups is 2. The molecular formula is C12H13NO4. The first-order chi connectivity index (χ1) is 8.22. The van der Waals surface area contributed by atoms with Gasteiger partial charge >= 0.3 is 12.1 Å². The number of rotatable bonds is 3. The van der Waals surface area contributed by atoms with Crippen molar-refractivity contribution in [2.45, 2.75) is 19.1 Å². The SMILES string of the molecule is CCOC(=O)C1OC(=O)NC1c1ccccc1. The summed E-state index contributed by atoms with van der Waals surface area (Å²) in [6.07, 6.45) is -1.51. The smallest absolute Gasteiger partial charge is 0.408 e. The van der Waals surface area contributed by atoms with Crippen molar-refractivity contribution in [2.75, 3.05) is 6.61 Å². The maximum Gasteiger partial charge on any atom is 0.408 e. The van der Waals surface area contributed by atoms with E-state index in [1.54, 1.807) is 6.92 Å². The van der Waals surface area contributed by atoms with Crippen LogP contribution in [-0.2, 0) is 14.3 Å². The van der Waals surface area contributed by atoms with Gasteiger partial charge in [-0.2, -0.15) is 0 Å². The van der Waals surface area contributed by atoms with Gasteiger partial charge < -0.3 is 14.8 Å². The van der Waals surface area contributed by atoms with Gasteiger partial charge in [-0.1, -0.05) is 30.3 Å². The molecule has 1 N–H and O–H groups in total. The number of benzene rings is 1. The molecular weight excluding hydrogens is 222 g/mol. The highest BCUT2D eigenvalue weighted by molar-refractivity contribution is 5.83. The number of amides is 1. The van der Waals surface area contributed by atoms with Gasteiger partial charge in [0.25, 0.3) is 0 Å². The summed E-state index contributed by atoms with van der Waals surface area (Å²) in [5.41, 5.74) is 0.816. The van der Waals surface area contributed by atoms with Crippen molar-refractivity contribution in [1.82, 2.24) is 5.32 Å². The summed E-state index contributed by atoms with van der Waals surface area (Å²) in [7, 11) is 0. The first-order valence-corrected chi connectivity index (χ1v) is 5.41. The lowest BCUT2D eigenvalue weighted by atomic mass is 10.0. The standard InChI is InChI=1S/C12H13NO4/c1-2-16-11(14)10-9(13-12(15)17-10)8-6-4-3-5-7-8/h3-7,9-10H,2H2,1H3,(H,13,15). The molecule has 2 atom stereocenters. The Morgan fingerprint density at radius 2 is 2.12 bits per heavy atom. The van der Waals surface area contributed by atoms with Crippen LogP contribution in [0.2, 0.25) is 0 Å². The molecule has 1 amide bonds. The zero-order chi connectivity index (χ0) is 12.3. The summed E-state index contributed by atoms with van der Waals surface area (Å²) < 4.78 is 9.79. The topological polar surface area (TPSA) is 64.6 Å². The van der Waals surface area contributed by atoms with Gasteiger partial charge in [0.05, 0.1) is 6.61 Å². The first-order valence-electron chi connectivity index (χ1n) is 5.41. The fraction of sp³-hybridized carbons (Fsp3) is 0.333. The maximum absolute atomic E-state index is 11.6. The minimum Gasteiger partial charge on any atom is -0.463 e. The molecule has 1 heterocycles. The third-order valence-electron chi connectivity index (χ3n) is 2.49. The fourth-order valence-corrected chi connectivity index (χ4v) is 1.75. The van der Waals surface area contributed by atoms with Crippen molar-refractivity contribution in [3.8, 4) is 0 Å². The second-order valence-electron chi connectivity index (χ2n) is 3.61. The van der Waals surface area contributed by atoms with Crippen molar-refractivity contribution in [1.29, 1.82) is 0 Å². The lowest BCUT2D eigenvalue weighted by molar-refractivity contribution is -0.152. The Bertz CT molecular complexity index is 418. The molecule has 0 bridgehead atoms. The summed E-state index contributed by atoms with van der Waals surface area (Å²) in [5, 5.41) is 2.60. The van der Waals surface area contributed by atoms with E-state index in [1.807, 2.05) is 30.3 Å². The highest BCUT2D eigenvalue weighted by Crippen LogP contribution is 2.25. The van der Waals surface area contributed by atoms with E-state index < -0.39 is 24.2 Å². The fourth-order valence-electron chi connectivity index (χ4n) is 1.75. The quantitative estimate of drug-likeness (QED) is 0.804. The summed E-state index contributed by atoms with van der Waals surface area (Å²) in [5.74, 6) is -0.528. The lowest BCUT2D eigenvalue weighted by Crippen LogP contribution is -2.30. The Kier molecular flexibility index (Phi) is 3.27. The molecule has 1 aromatic rings. The van der Waals surface area contributed by atoms with Gasteiger partial charge in [-0.25, -0.2) is 9.59 Å². The lowest BCUT2D eigenvalue weighted by Gasteiger charge is -2.15. The Morgan fingerprint density at radius 3 is 2.76 bits per heavy atom. The molecule has 1 aliphatic heterocycles. The van der Waals surface area contributed by atoms with Gasteiger partial charge in [0.2, 0.25) is 6.10 Å². The average molecular weight is 235 g/mol. The third-order valence-corrected chi connectivity index (χ3v) is 2.49. The van der Waals surface area contributed by atoms with Gasteiger partial charge in [-0.15, -0.1) is 0 Å². The Balaban J connectivity index is 2.20. The van der Waals surface area contributed by atoms with Crippen molar-refractivity contribution >= 4 is 12.1 Å². The van der Waals surface area contributed by atoms with Gasteiger partial charge in [0.15, 0.2) is 0 Å². The molecule has 0 saturated carbocycles. The molecule has 90 valence electrons. The van der Waals surface area contributed by atoms with Gasteiger partial charge in [-0.05, 0) is 12.5 Å². The van der Waals surface area contributed by atoms with Gasteiger partial charge in [0.1, 0.15) is 6.04 Å². The largest absolute Gasteiger partial charge is 0.463 e. The summed E-state index contributed by atoms with van der Waals surface area (Å²) >= 11 is 0. The normalized spacial score (nSPS) is 22.8. The van der Waals surface area contributed by atoms with Crippen LogP contribution in [0.15, 0.2) is 30.3 Å². The van der Waals surface area contributed by atoms with E-state index in [-0.39, 0.29) is 6.61 Å². The van der Waals surface area contributed by atoms with E-state index in [0.717, 1.165) is 5.56 Å². The number of esters is 1. The van der Waals surface area contributed by atoms with E-state index >= 15 is 0 Å². The Labute approximate surface area is 98.7 Å². The highest BCUT2D eigenvalue weighted by Gasteiger charge is 2.41. The van der Waals surface area contributed by atoms with Crippen LogP contribution in [0.5, 0.6) is 0 Å². The number of alkyl carbamates (subject to hydrolysis) is 1. The van der Waals surface area contributed by atoms with Gasteiger partial charge in [-0.3, -0.25) is 0 Å². The monoisotopic (exact) mass is 235 g/mol. The zero-order valence-electron chi connectivity index (χ0n) is 9.38. The third kappa shape index (κ3) is 2.38. The zero-order valence-corrected chi connectivity index (χ0v) is 9.38. The molecule has 5 nitrogen and oxygen atoms in total. The first kappa shape index (κ1) is 11.4. The number of ether oxygens (including phenoxy) is 2. The molecule has 1 aromatic carbocycles. The second kappa shape index (κ2) is 4.86. The highest BCUT2D eigenvalue weighted by atomic mass is 16.6. The Morgan fingerprint density at radius 1 is 1.41 bits per heavy atom. The molecule has 17 heavy (non-hydrogen) atoms. The number of cyclic esters (lactones) is 1. The molecule has 0 aliphatic carbocycles. The molecule has 0 spiro atoms. The molecule has 2 unspecified atom stereocenters. The van der Waals surface area contributed by atoms with Crippen molar-refractivity contribution in [2.24, 2.45) is 0 Å². The van der Waals surface area contributed by atoms with Crippen molar-refractivity contribution < 1.29 is 19.1 Å². The van der Waals surface area contributed by atoms with Crippen LogP contribution in [0.4, 0.5) is 4.79 Å². The summed E-state index contributed by atoms with van der Waals surface area (Å²) in [6.45, 7) is 1.97. The van der Waals surface area contributed by atoms with E-state index in [9.17, 15) is 9.59 Å². The summed E-state index contributed by atoms with van der Waals surface area (Å²) in [6, 6.07) is 8.70. The molecule has 1 aliphatic rings. The van der Waals surface area contributed by atoms with Crippen LogP contribution in [-0.4, -0.2) is 24.8 Å². The number of nitrogens with one attached hydrogen (secondary N) is 1.